The Bertz CT molecular complexity index is 535. The van der Waals surface area contributed by atoms with Crippen LogP contribution in [-0.2, 0) is 5.60 Å². The van der Waals surface area contributed by atoms with E-state index in [4.69, 9.17) is 0 Å². The Hall–Kier alpha value is -1.28. The molecule has 0 bridgehead atoms. The van der Waals surface area contributed by atoms with Crippen LogP contribution in [0.3, 0.4) is 0 Å². The Balaban J connectivity index is 2.18. The van der Waals surface area contributed by atoms with Crippen molar-refractivity contribution >= 4 is 5.52 Å². The van der Waals surface area contributed by atoms with Crippen LogP contribution in [0.2, 0.25) is 0 Å². The molecule has 3 rings (SSSR count). The second-order valence-electron chi connectivity index (χ2n) is 5.32. The fourth-order valence-electron chi connectivity index (χ4n) is 3.07. The van der Waals surface area contributed by atoms with Crippen LogP contribution in [0, 0.1) is 6.92 Å². The summed E-state index contributed by atoms with van der Waals surface area (Å²) in [5.74, 6) is 0. The van der Waals surface area contributed by atoms with Crippen LogP contribution in [0.25, 0.3) is 5.52 Å². The average molecular weight is 229 g/mol. The minimum atomic E-state index is -0.607. The molecule has 2 aromatic rings. The van der Waals surface area contributed by atoms with Gasteiger partial charge in [-0.2, -0.15) is 0 Å². The molecule has 1 aliphatic carbocycles. The maximum absolute atomic E-state index is 10.9. The highest BCUT2D eigenvalue weighted by molar-refractivity contribution is 5.58. The minimum Gasteiger partial charge on any atom is -0.385 e. The summed E-state index contributed by atoms with van der Waals surface area (Å²) in [6, 6.07) is 6.30. The molecule has 0 radical (unpaired) electrons. The Labute approximate surface area is 102 Å². The second kappa shape index (κ2) is 3.88. The van der Waals surface area contributed by atoms with Crippen LogP contribution in [0.15, 0.2) is 30.6 Å². The summed E-state index contributed by atoms with van der Waals surface area (Å²) in [5, 5.41) is 10.9. The third kappa shape index (κ3) is 1.77. The Kier molecular flexibility index (Phi) is 2.48. The van der Waals surface area contributed by atoms with Gasteiger partial charge in [-0.3, -0.25) is 0 Å². The Morgan fingerprint density at radius 2 is 2.00 bits per heavy atom. The molecule has 1 N–H and O–H groups in total. The van der Waals surface area contributed by atoms with Gasteiger partial charge in [0, 0.05) is 18.0 Å². The first-order valence-corrected chi connectivity index (χ1v) is 6.49. The second-order valence-corrected chi connectivity index (χ2v) is 5.32. The number of pyridine rings is 1. The lowest BCUT2D eigenvalue weighted by atomic mass is 9.79. The normalized spacial score (nSPS) is 19.6. The van der Waals surface area contributed by atoms with Gasteiger partial charge in [-0.15, -0.1) is 0 Å². The standard InChI is InChI=1S/C15H19NO/c1-12-10-13(14-6-5-9-16(14)11-12)15(17)7-3-2-4-8-15/h5-6,9-11,17H,2-4,7-8H2,1H3. The molecule has 0 saturated heterocycles. The smallest absolute Gasteiger partial charge is 0.0916 e. The predicted octanol–water partition coefficient (Wildman–Crippen LogP) is 3.40. The van der Waals surface area contributed by atoms with Crippen molar-refractivity contribution in [3.63, 3.8) is 0 Å². The molecule has 0 spiro atoms. The number of hydrogen-bond donors (Lipinski definition) is 1. The van der Waals surface area contributed by atoms with Crippen LogP contribution in [0.1, 0.15) is 43.2 Å². The van der Waals surface area contributed by atoms with Gasteiger partial charge in [0.25, 0.3) is 0 Å². The van der Waals surface area contributed by atoms with Crippen LogP contribution < -0.4 is 0 Å². The van der Waals surface area contributed by atoms with E-state index < -0.39 is 5.60 Å². The first kappa shape index (κ1) is 10.8. The van der Waals surface area contributed by atoms with E-state index in [0.29, 0.717) is 0 Å². The minimum absolute atomic E-state index is 0.607. The topological polar surface area (TPSA) is 24.6 Å². The monoisotopic (exact) mass is 229 g/mol. The highest BCUT2D eigenvalue weighted by Gasteiger charge is 2.32. The van der Waals surface area contributed by atoms with Gasteiger partial charge in [-0.1, -0.05) is 19.3 Å². The van der Waals surface area contributed by atoms with Gasteiger partial charge in [0.2, 0.25) is 0 Å². The van der Waals surface area contributed by atoms with Crippen LogP contribution in [-0.4, -0.2) is 9.51 Å². The van der Waals surface area contributed by atoms with E-state index in [1.807, 2.05) is 6.07 Å². The summed E-state index contributed by atoms with van der Waals surface area (Å²) in [7, 11) is 0. The van der Waals surface area contributed by atoms with Crippen LogP contribution in [0.4, 0.5) is 0 Å². The van der Waals surface area contributed by atoms with E-state index in [-0.39, 0.29) is 0 Å². The predicted molar refractivity (Wildman–Crippen MR) is 69.1 cm³/mol. The molecule has 0 aromatic carbocycles. The summed E-state index contributed by atoms with van der Waals surface area (Å²) in [6.07, 6.45) is 9.50. The highest BCUT2D eigenvalue weighted by Crippen LogP contribution is 2.39. The largest absolute Gasteiger partial charge is 0.385 e. The van der Waals surface area contributed by atoms with Gasteiger partial charge in [0.05, 0.1) is 11.1 Å². The maximum Gasteiger partial charge on any atom is 0.0916 e. The van der Waals surface area contributed by atoms with E-state index in [9.17, 15) is 5.11 Å². The summed E-state index contributed by atoms with van der Waals surface area (Å²) < 4.78 is 2.12. The van der Waals surface area contributed by atoms with Crippen LogP contribution in [0.5, 0.6) is 0 Å². The van der Waals surface area contributed by atoms with Crippen LogP contribution >= 0.6 is 0 Å². The molecule has 0 atom stereocenters. The molecule has 2 heterocycles. The van der Waals surface area contributed by atoms with E-state index in [2.05, 4.69) is 35.9 Å². The van der Waals surface area contributed by atoms with E-state index in [1.54, 1.807) is 0 Å². The van der Waals surface area contributed by atoms with Gasteiger partial charge >= 0.3 is 0 Å². The molecule has 1 saturated carbocycles. The Morgan fingerprint density at radius 3 is 2.76 bits per heavy atom. The van der Waals surface area contributed by atoms with E-state index in [1.165, 1.54) is 12.0 Å². The first-order valence-electron chi connectivity index (χ1n) is 6.49. The third-order valence-electron chi connectivity index (χ3n) is 3.95. The van der Waals surface area contributed by atoms with Crippen molar-refractivity contribution in [3.8, 4) is 0 Å². The van der Waals surface area contributed by atoms with E-state index >= 15 is 0 Å². The van der Waals surface area contributed by atoms with Crippen molar-refractivity contribution < 1.29 is 5.11 Å². The van der Waals surface area contributed by atoms with Gasteiger partial charge in [-0.25, -0.2) is 0 Å². The zero-order valence-corrected chi connectivity index (χ0v) is 10.3. The summed E-state index contributed by atoms with van der Waals surface area (Å²) in [4.78, 5) is 0. The molecule has 0 unspecified atom stereocenters. The third-order valence-corrected chi connectivity index (χ3v) is 3.95. The van der Waals surface area contributed by atoms with Crippen molar-refractivity contribution in [1.82, 2.24) is 4.40 Å². The zero-order valence-electron chi connectivity index (χ0n) is 10.3. The lowest BCUT2D eigenvalue weighted by Crippen LogP contribution is -2.29. The average Bonchev–Trinajstić information content (AvgIpc) is 2.76. The van der Waals surface area contributed by atoms with Crippen molar-refractivity contribution in [2.45, 2.75) is 44.6 Å². The molecule has 1 aliphatic rings. The number of rotatable bonds is 1. The highest BCUT2D eigenvalue weighted by atomic mass is 16.3. The quantitative estimate of drug-likeness (QED) is 0.796. The Morgan fingerprint density at radius 1 is 1.24 bits per heavy atom. The number of nitrogens with zero attached hydrogens (tertiary/aromatic N) is 1. The summed E-state index contributed by atoms with van der Waals surface area (Å²) in [5.41, 5.74) is 2.87. The number of aromatic nitrogens is 1. The molecule has 0 amide bonds. The number of aliphatic hydroxyl groups is 1. The summed E-state index contributed by atoms with van der Waals surface area (Å²) in [6.45, 7) is 2.09. The van der Waals surface area contributed by atoms with E-state index in [0.717, 1.165) is 36.8 Å². The fourth-order valence-corrected chi connectivity index (χ4v) is 3.07. The van der Waals surface area contributed by atoms with Crippen molar-refractivity contribution in [2.24, 2.45) is 0 Å². The van der Waals surface area contributed by atoms with Crippen molar-refractivity contribution in [2.75, 3.05) is 0 Å². The SMILES string of the molecule is Cc1cc(C2(O)CCCCC2)c2cccn2c1. The molecule has 1 fully saturated rings. The lowest BCUT2D eigenvalue weighted by molar-refractivity contribution is 0.000414. The molecule has 2 aromatic heterocycles. The van der Waals surface area contributed by atoms with Gasteiger partial charge in [-0.05, 0) is 43.5 Å². The van der Waals surface area contributed by atoms with Gasteiger partial charge in [0.1, 0.15) is 0 Å². The number of hydrogen-bond acceptors (Lipinski definition) is 1. The molecular formula is C15H19NO. The molecule has 2 heteroatoms. The molecule has 2 nitrogen and oxygen atoms in total. The first-order chi connectivity index (χ1) is 8.19. The van der Waals surface area contributed by atoms with Crippen molar-refractivity contribution in [3.05, 3.63) is 41.7 Å². The molecule has 0 aliphatic heterocycles. The van der Waals surface area contributed by atoms with Gasteiger partial charge in [0.15, 0.2) is 0 Å². The van der Waals surface area contributed by atoms with Gasteiger partial charge < -0.3 is 9.51 Å². The molecule has 90 valence electrons. The number of fused-ring (bicyclic) bond motifs is 1. The fraction of sp³-hybridized carbons (Fsp3) is 0.467. The number of aryl methyl sites for hydroxylation is 1. The molecule has 17 heavy (non-hydrogen) atoms. The zero-order chi connectivity index (χ0) is 11.9. The summed E-state index contributed by atoms with van der Waals surface area (Å²) >= 11 is 0. The van der Waals surface area contributed by atoms with Crippen molar-refractivity contribution in [1.29, 1.82) is 0 Å². The lowest BCUT2D eigenvalue weighted by Gasteiger charge is -2.33. The molecular weight excluding hydrogens is 210 g/mol. The maximum atomic E-state index is 10.9.